The molecule has 0 amide bonds. The maximum Gasteiger partial charge on any atom is 0.210 e. The van der Waals surface area contributed by atoms with Crippen molar-refractivity contribution in [2.45, 2.75) is 32.3 Å². The summed E-state index contributed by atoms with van der Waals surface area (Å²) in [7, 11) is 0. The van der Waals surface area contributed by atoms with Gasteiger partial charge in [-0.05, 0) is 12.8 Å². The third-order valence-corrected chi connectivity index (χ3v) is 4.56. The van der Waals surface area contributed by atoms with Gasteiger partial charge in [-0.1, -0.05) is 24.7 Å². The number of nitrogen functional groups attached to an aromatic ring is 1. The summed E-state index contributed by atoms with van der Waals surface area (Å²) < 4.78 is 0. The van der Waals surface area contributed by atoms with Crippen LogP contribution in [-0.4, -0.2) is 46.2 Å². The first-order valence-electron chi connectivity index (χ1n) is 6.24. The number of anilines is 2. The van der Waals surface area contributed by atoms with Crippen molar-refractivity contribution < 1.29 is 10.2 Å². The molecular weight excluding hydrogens is 252 g/mol. The number of aliphatic hydroxyl groups excluding tert-OH is 2. The van der Waals surface area contributed by atoms with Gasteiger partial charge in [0.15, 0.2) is 0 Å². The monoisotopic (exact) mass is 272 g/mol. The second-order valence-corrected chi connectivity index (χ2v) is 5.89. The van der Waals surface area contributed by atoms with Crippen LogP contribution in [0.1, 0.15) is 26.2 Å². The van der Waals surface area contributed by atoms with Gasteiger partial charge in [-0.15, -0.1) is 10.2 Å². The fourth-order valence-electron chi connectivity index (χ4n) is 2.60. The molecule has 2 rings (SSSR count). The zero-order valence-electron chi connectivity index (χ0n) is 10.5. The van der Waals surface area contributed by atoms with Gasteiger partial charge >= 0.3 is 0 Å². The van der Waals surface area contributed by atoms with E-state index in [2.05, 4.69) is 17.1 Å². The van der Waals surface area contributed by atoms with E-state index in [0.29, 0.717) is 11.7 Å². The van der Waals surface area contributed by atoms with Crippen molar-refractivity contribution in [1.29, 1.82) is 0 Å². The molecule has 0 aromatic carbocycles. The Hall–Kier alpha value is -0.920. The Kier molecular flexibility index (Phi) is 4.04. The van der Waals surface area contributed by atoms with Crippen molar-refractivity contribution in [3.05, 3.63) is 0 Å². The van der Waals surface area contributed by atoms with Crippen LogP contribution in [0.5, 0.6) is 0 Å². The van der Waals surface area contributed by atoms with E-state index in [0.717, 1.165) is 30.9 Å². The molecule has 1 fully saturated rings. The molecule has 2 atom stereocenters. The summed E-state index contributed by atoms with van der Waals surface area (Å²) >= 11 is 1.33. The Balaban J connectivity index is 2.07. The third kappa shape index (κ3) is 2.43. The van der Waals surface area contributed by atoms with E-state index < -0.39 is 6.10 Å². The van der Waals surface area contributed by atoms with Crippen molar-refractivity contribution in [2.75, 3.05) is 30.3 Å². The highest BCUT2D eigenvalue weighted by Gasteiger charge is 2.41. The molecule has 7 heteroatoms. The van der Waals surface area contributed by atoms with Crippen LogP contribution in [0.2, 0.25) is 0 Å². The summed E-state index contributed by atoms with van der Waals surface area (Å²) in [5, 5.41) is 28.8. The van der Waals surface area contributed by atoms with E-state index in [9.17, 15) is 10.2 Å². The number of β-amino-alcohol motifs (C(OH)–C–C–N with tert-alkyl or cyclic N) is 1. The van der Waals surface area contributed by atoms with Crippen LogP contribution in [0.15, 0.2) is 0 Å². The van der Waals surface area contributed by atoms with E-state index >= 15 is 0 Å². The minimum Gasteiger partial charge on any atom is -0.396 e. The zero-order chi connectivity index (χ0) is 13.2. The van der Waals surface area contributed by atoms with Crippen LogP contribution in [0.4, 0.5) is 10.3 Å². The number of hydrogen-bond donors (Lipinski definition) is 3. The average Bonchev–Trinajstić information content (AvgIpc) is 2.79. The molecule has 1 aromatic rings. The van der Waals surface area contributed by atoms with Gasteiger partial charge < -0.3 is 20.8 Å². The molecule has 0 unspecified atom stereocenters. The summed E-state index contributed by atoms with van der Waals surface area (Å²) in [6.07, 6.45) is 2.03. The van der Waals surface area contributed by atoms with Crippen molar-refractivity contribution in [3.8, 4) is 0 Å². The molecule has 4 N–H and O–H groups in total. The van der Waals surface area contributed by atoms with Crippen molar-refractivity contribution in [3.63, 3.8) is 0 Å². The molecule has 1 aliphatic heterocycles. The van der Waals surface area contributed by atoms with Crippen LogP contribution in [0, 0.1) is 5.41 Å². The summed E-state index contributed by atoms with van der Waals surface area (Å²) in [5.41, 5.74) is 5.20. The normalized spacial score (nSPS) is 28.6. The van der Waals surface area contributed by atoms with Gasteiger partial charge in [0.25, 0.3) is 0 Å². The fraction of sp³-hybridized carbons (Fsp3) is 0.818. The summed E-state index contributed by atoms with van der Waals surface area (Å²) in [5.74, 6) is 0. The molecule has 0 saturated carbocycles. The standard InChI is InChI=1S/C11H20N4O2S/c1-2-3-11(7-16)4-5-15(6-8(11)17)10-14-13-9(12)18-10/h8,16-17H,2-7H2,1H3,(H2,12,13)/t8-,11+/m0/s1. The fourth-order valence-corrected chi connectivity index (χ4v) is 3.24. The lowest BCUT2D eigenvalue weighted by molar-refractivity contribution is -0.0370. The SMILES string of the molecule is CCC[C@]1(CO)CCN(c2nnc(N)s2)C[C@@H]1O. The average molecular weight is 272 g/mol. The molecule has 18 heavy (non-hydrogen) atoms. The Morgan fingerprint density at radius 2 is 2.33 bits per heavy atom. The van der Waals surface area contributed by atoms with Gasteiger partial charge in [-0.25, -0.2) is 0 Å². The third-order valence-electron chi connectivity index (χ3n) is 3.74. The molecule has 2 heterocycles. The highest BCUT2D eigenvalue weighted by molar-refractivity contribution is 7.18. The van der Waals surface area contributed by atoms with Gasteiger partial charge in [-0.2, -0.15) is 0 Å². The van der Waals surface area contributed by atoms with E-state index in [1.807, 2.05) is 4.90 Å². The molecular formula is C11H20N4O2S. The van der Waals surface area contributed by atoms with E-state index in [4.69, 9.17) is 5.73 Å². The lowest BCUT2D eigenvalue weighted by Gasteiger charge is -2.44. The van der Waals surface area contributed by atoms with Crippen molar-refractivity contribution >= 4 is 21.6 Å². The molecule has 1 aliphatic rings. The second-order valence-electron chi connectivity index (χ2n) is 4.91. The minimum absolute atomic E-state index is 0.0358. The molecule has 0 spiro atoms. The maximum absolute atomic E-state index is 10.3. The first kappa shape index (κ1) is 13.5. The molecule has 0 bridgehead atoms. The van der Waals surface area contributed by atoms with Gasteiger partial charge in [0.1, 0.15) is 0 Å². The molecule has 1 aromatic heterocycles. The van der Waals surface area contributed by atoms with Gasteiger partial charge in [0.2, 0.25) is 10.3 Å². The van der Waals surface area contributed by atoms with Crippen molar-refractivity contribution in [1.82, 2.24) is 10.2 Å². The Bertz CT molecular complexity index is 400. The van der Waals surface area contributed by atoms with Crippen LogP contribution in [0.25, 0.3) is 0 Å². The predicted octanol–water partition coefficient (Wildman–Crippen LogP) is 0.470. The van der Waals surface area contributed by atoms with Crippen LogP contribution in [-0.2, 0) is 0 Å². The van der Waals surface area contributed by atoms with Crippen LogP contribution in [0.3, 0.4) is 0 Å². The Labute approximate surface area is 110 Å². The zero-order valence-corrected chi connectivity index (χ0v) is 11.4. The van der Waals surface area contributed by atoms with Gasteiger partial charge in [-0.3, -0.25) is 0 Å². The minimum atomic E-state index is -0.540. The molecule has 0 aliphatic carbocycles. The van der Waals surface area contributed by atoms with Crippen LogP contribution < -0.4 is 10.6 Å². The first-order valence-corrected chi connectivity index (χ1v) is 7.06. The lowest BCUT2D eigenvalue weighted by Crippen LogP contribution is -2.52. The Morgan fingerprint density at radius 1 is 1.56 bits per heavy atom. The molecule has 6 nitrogen and oxygen atoms in total. The molecule has 102 valence electrons. The number of rotatable bonds is 4. The summed E-state index contributed by atoms with van der Waals surface area (Å²) in [4.78, 5) is 1.99. The van der Waals surface area contributed by atoms with Gasteiger partial charge in [0.05, 0.1) is 12.7 Å². The smallest absolute Gasteiger partial charge is 0.210 e. The van der Waals surface area contributed by atoms with E-state index in [1.54, 1.807) is 0 Å². The quantitative estimate of drug-likeness (QED) is 0.737. The number of piperidine rings is 1. The van der Waals surface area contributed by atoms with Crippen LogP contribution >= 0.6 is 11.3 Å². The second kappa shape index (κ2) is 5.38. The lowest BCUT2D eigenvalue weighted by atomic mass is 9.73. The first-order chi connectivity index (χ1) is 8.61. The summed E-state index contributed by atoms with van der Waals surface area (Å²) in [6, 6.07) is 0. The molecule has 1 saturated heterocycles. The maximum atomic E-state index is 10.3. The Morgan fingerprint density at radius 3 is 2.83 bits per heavy atom. The largest absolute Gasteiger partial charge is 0.396 e. The van der Waals surface area contributed by atoms with Gasteiger partial charge in [0, 0.05) is 18.5 Å². The van der Waals surface area contributed by atoms with Crippen molar-refractivity contribution in [2.24, 2.45) is 5.41 Å². The van der Waals surface area contributed by atoms with E-state index in [1.165, 1.54) is 11.3 Å². The number of aromatic nitrogens is 2. The number of aliphatic hydroxyl groups is 2. The topological polar surface area (TPSA) is 95.5 Å². The highest BCUT2D eigenvalue weighted by Crippen LogP contribution is 2.38. The predicted molar refractivity (Wildman–Crippen MR) is 71.6 cm³/mol. The number of nitrogens with two attached hydrogens (primary N) is 1. The van der Waals surface area contributed by atoms with E-state index in [-0.39, 0.29) is 12.0 Å². The number of hydrogen-bond acceptors (Lipinski definition) is 7. The number of nitrogens with zero attached hydrogens (tertiary/aromatic N) is 3. The highest BCUT2D eigenvalue weighted by atomic mass is 32.1. The molecule has 0 radical (unpaired) electrons. The summed E-state index contributed by atoms with van der Waals surface area (Å²) in [6.45, 7) is 3.36.